The second-order valence-corrected chi connectivity index (χ2v) is 5.98. The van der Waals surface area contributed by atoms with Gasteiger partial charge in [0.2, 0.25) is 0 Å². The molecule has 0 saturated heterocycles. The van der Waals surface area contributed by atoms with Crippen molar-refractivity contribution in [2.75, 3.05) is 40.8 Å². The SMILES string of the molecule is CN(C)CCCN(C)CC1CCCCCC1N. The maximum Gasteiger partial charge on any atom is 0.00793 e. The molecule has 1 saturated carbocycles. The molecule has 2 N–H and O–H groups in total. The Morgan fingerprint density at radius 3 is 2.41 bits per heavy atom. The predicted molar refractivity (Wildman–Crippen MR) is 75.2 cm³/mol. The summed E-state index contributed by atoms with van der Waals surface area (Å²) in [6.07, 6.45) is 7.92. The number of rotatable bonds is 6. The summed E-state index contributed by atoms with van der Waals surface area (Å²) in [5.41, 5.74) is 6.27. The Morgan fingerprint density at radius 1 is 1.00 bits per heavy atom. The molecule has 1 rings (SSSR count). The highest BCUT2D eigenvalue weighted by atomic mass is 15.1. The first-order chi connectivity index (χ1) is 8.09. The van der Waals surface area contributed by atoms with Crippen LogP contribution >= 0.6 is 0 Å². The summed E-state index contributed by atoms with van der Waals surface area (Å²) in [4.78, 5) is 4.73. The van der Waals surface area contributed by atoms with Gasteiger partial charge in [0.05, 0.1) is 0 Å². The summed E-state index contributed by atoms with van der Waals surface area (Å²) in [6.45, 7) is 3.57. The maximum atomic E-state index is 6.27. The van der Waals surface area contributed by atoms with E-state index in [9.17, 15) is 0 Å². The van der Waals surface area contributed by atoms with Gasteiger partial charge in [0.1, 0.15) is 0 Å². The molecule has 3 heteroatoms. The molecule has 0 spiro atoms. The van der Waals surface area contributed by atoms with Gasteiger partial charge in [-0.3, -0.25) is 0 Å². The Bertz CT molecular complexity index is 194. The molecule has 0 aromatic rings. The quantitative estimate of drug-likeness (QED) is 0.720. The van der Waals surface area contributed by atoms with E-state index < -0.39 is 0 Å². The van der Waals surface area contributed by atoms with Crippen molar-refractivity contribution in [2.45, 2.75) is 44.6 Å². The lowest BCUT2D eigenvalue weighted by molar-refractivity contribution is 0.232. The van der Waals surface area contributed by atoms with Crippen LogP contribution in [0.2, 0.25) is 0 Å². The van der Waals surface area contributed by atoms with Crippen LogP contribution in [0.1, 0.15) is 38.5 Å². The minimum atomic E-state index is 0.439. The summed E-state index contributed by atoms with van der Waals surface area (Å²) in [5, 5.41) is 0. The third kappa shape index (κ3) is 6.39. The highest BCUT2D eigenvalue weighted by Crippen LogP contribution is 2.22. The van der Waals surface area contributed by atoms with Gasteiger partial charge in [-0.15, -0.1) is 0 Å². The van der Waals surface area contributed by atoms with Crippen molar-refractivity contribution >= 4 is 0 Å². The second kappa shape index (κ2) is 8.06. The first-order valence-corrected chi connectivity index (χ1v) is 7.18. The number of hydrogen-bond acceptors (Lipinski definition) is 3. The van der Waals surface area contributed by atoms with Gasteiger partial charge in [-0.05, 0) is 59.4 Å². The standard InChI is InChI=1S/C14H31N3/c1-16(2)10-7-11-17(3)12-13-8-5-4-6-9-14(13)15/h13-14H,4-12,15H2,1-3H3. The van der Waals surface area contributed by atoms with Crippen LogP contribution in [0.5, 0.6) is 0 Å². The van der Waals surface area contributed by atoms with E-state index in [0.29, 0.717) is 6.04 Å². The Labute approximate surface area is 107 Å². The average molecular weight is 241 g/mol. The first kappa shape index (κ1) is 14.9. The zero-order chi connectivity index (χ0) is 12.7. The summed E-state index contributed by atoms with van der Waals surface area (Å²) in [5.74, 6) is 0.724. The smallest absolute Gasteiger partial charge is 0.00793 e. The maximum absolute atomic E-state index is 6.27. The zero-order valence-electron chi connectivity index (χ0n) is 12.0. The normalized spacial score (nSPS) is 26.5. The highest BCUT2D eigenvalue weighted by molar-refractivity contribution is 4.78. The van der Waals surface area contributed by atoms with Crippen LogP contribution in [-0.2, 0) is 0 Å². The minimum absolute atomic E-state index is 0.439. The van der Waals surface area contributed by atoms with E-state index in [2.05, 4.69) is 30.9 Å². The molecule has 0 amide bonds. The number of nitrogens with two attached hydrogens (primary N) is 1. The summed E-state index contributed by atoms with van der Waals surface area (Å²) >= 11 is 0. The van der Waals surface area contributed by atoms with Gasteiger partial charge in [0, 0.05) is 12.6 Å². The molecule has 0 heterocycles. The minimum Gasteiger partial charge on any atom is -0.327 e. The van der Waals surface area contributed by atoms with Crippen LogP contribution in [-0.4, -0.2) is 56.6 Å². The molecular weight excluding hydrogens is 210 g/mol. The van der Waals surface area contributed by atoms with E-state index in [0.717, 1.165) is 5.92 Å². The molecular formula is C14H31N3. The largest absolute Gasteiger partial charge is 0.327 e. The fourth-order valence-corrected chi connectivity index (χ4v) is 2.79. The van der Waals surface area contributed by atoms with Crippen molar-refractivity contribution in [3.8, 4) is 0 Å². The molecule has 0 bridgehead atoms. The van der Waals surface area contributed by atoms with Crippen molar-refractivity contribution < 1.29 is 0 Å². The van der Waals surface area contributed by atoms with Gasteiger partial charge < -0.3 is 15.5 Å². The van der Waals surface area contributed by atoms with Crippen LogP contribution in [0.3, 0.4) is 0 Å². The lowest BCUT2D eigenvalue weighted by Gasteiger charge is -2.27. The highest BCUT2D eigenvalue weighted by Gasteiger charge is 2.21. The number of nitrogens with zero attached hydrogens (tertiary/aromatic N) is 2. The molecule has 1 aliphatic rings. The van der Waals surface area contributed by atoms with Crippen molar-refractivity contribution in [3.63, 3.8) is 0 Å². The molecule has 17 heavy (non-hydrogen) atoms. The van der Waals surface area contributed by atoms with Crippen molar-refractivity contribution in [2.24, 2.45) is 11.7 Å². The van der Waals surface area contributed by atoms with Crippen molar-refractivity contribution in [1.82, 2.24) is 9.80 Å². The fourth-order valence-electron chi connectivity index (χ4n) is 2.79. The van der Waals surface area contributed by atoms with Gasteiger partial charge in [-0.25, -0.2) is 0 Å². The van der Waals surface area contributed by atoms with E-state index in [-0.39, 0.29) is 0 Å². The van der Waals surface area contributed by atoms with E-state index in [1.54, 1.807) is 0 Å². The number of hydrogen-bond donors (Lipinski definition) is 1. The van der Waals surface area contributed by atoms with Gasteiger partial charge in [-0.2, -0.15) is 0 Å². The van der Waals surface area contributed by atoms with Gasteiger partial charge in [-0.1, -0.05) is 19.3 Å². The van der Waals surface area contributed by atoms with Crippen LogP contribution in [0, 0.1) is 5.92 Å². The van der Waals surface area contributed by atoms with Crippen molar-refractivity contribution in [1.29, 1.82) is 0 Å². The summed E-state index contributed by atoms with van der Waals surface area (Å²) in [6, 6.07) is 0.439. The lowest BCUT2D eigenvalue weighted by atomic mass is 9.95. The average Bonchev–Trinajstić information content (AvgIpc) is 2.44. The van der Waals surface area contributed by atoms with E-state index in [1.165, 1.54) is 58.2 Å². The fraction of sp³-hybridized carbons (Fsp3) is 1.00. The van der Waals surface area contributed by atoms with Gasteiger partial charge >= 0.3 is 0 Å². The summed E-state index contributed by atoms with van der Waals surface area (Å²) < 4.78 is 0. The molecule has 2 atom stereocenters. The Kier molecular flexibility index (Phi) is 7.09. The molecule has 2 unspecified atom stereocenters. The van der Waals surface area contributed by atoms with E-state index >= 15 is 0 Å². The predicted octanol–water partition coefficient (Wildman–Crippen LogP) is 1.78. The zero-order valence-corrected chi connectivity index (χ0v) is 12.0. The van der Waals surface area contributed by atoms with E-state index in [4.69, 9.17) is 5.73 Å². The third-order valence-corrected chi connectivity index (χ3v) is 3.91. The Morgan fingerprint density at radius 2 is 1.71 bits per heavy atom. The first-order valence-electron chi connectivity index (χ1n) is 7.18. The second-order valence-electron chi connectivity index (χ2n) is 5.98. The molecule has 0 radical (unpaired) electrons. The summed E-state index contributed by atoms with van der Waals surface area (Å²) in [7, 11) is 6.52. The Balaban J connectivity index is 2.21. The molecule has 1 fully saturated rings. The third-order valence-electron chi connectivity index (χ3n) is 3.91. The van der Waals surface area contributed by atoms with Crippen LogP contribution < -0.4 is 5.73 Å². The molecule has 0 aliphatic heterocycles. The van der Waals surface area contributed by atoms with Gasteiger partial charge in [0.15, 0.2) is 0 Å². The van der Waals surface area contributed by atoms with Crippen molar-refractivity contribution in [3.05, 3.63) is 0 Å². The van der Waals surface area contributed by atoms with Crippen LogP contribution in [0.4, 0.5) is 0 Å². The molecule has 1 aliphatic carbocycles. The van der Waals surface area contributed by atoms with Gasteiger partial charge in [0.25, 0.3) is 0 Å². The molecule has 3 nitrogen and oxygen atoms in total. The lowest BCUT2D eigenvalue weighted by Crippen LogP contribution is -2.38. The molecule has 0 aromatic heterocycles. The van der Waals surface area contributed by atoms with Crippen LogP contribution in [0.15, 0.2) is 0 Å². The monoisotopic (exact) mass is 241 g/mol. The van der Waals surface area contributed by atoms with Crippen LogP contribution in [0.25, 0.3) is 0 Å². The van der Waals surface area contributed by atoms with E-state index in [1.807, 2.05) is 0 Å². The molecule has 102 valence electrons. The molecule has 0 aromatic carbocycles. The topological polar surface area (TPSA) is 32.5 Å². The Hall–Kier alpha value is -0.120.